The van der Waals surface area contributed by atoms with Crippen molar-refractivity contribution >= 4 is 46.3 Å². The van der Waals surface area contributed by atoms with E-state index in [1.165, 1.54) is 5.00 Å². The van der Waals surface area contributed by atoms with Gasteiger partial charge in [-0.3, -0.25) is 0 Å². The molecule has 0 atom stereocenters. The number of halogens is 1. The third-order valence-corrected chi connectivity index (χ3v) is 6.01. The van der Waals surface area contributed by atoms with Crippen LogP contribution in [0, 0.1) is 0 Å². The van der Waals surface area contributed by atoms with Crippen LogP contribution in [0.5, 0.6) is 5.75 Å². The first-order valence-electron chi connectivity index (χ1n) is 10.8. The van der Waals surface area contributed by atoms with Crippen LogP contribution in [-0.4, -0.2) is 52.0 Å². The summed E-state index contributed by atoms with van der Waals surface area (Å²) >= 11 is 1.82. The van der Waals surface area contributed by atoms with Crippen LogP contribution >= 0.6 is 35.3 Å². The number of nitrogens with zero attached hydrogens (tertiary/aromatic N) is 2. The highest BCUT2D eigenvalue weighted by Gasteiger charge is 2.20. The molecule has 0 spiro atoms. The number of aliphatic imine (C=N–C) groups is 1. The Morgan fingerprint density at radius 2 is 2.03 bits per heavy atom. The molecular formula is C23H35IN4O2S. The summed E-state index contributed by atoms with van der Waals surface area (Å²) in [5, 5.41) is 10.5. The van der Waals surface area contributed by atoms with Gasteiger partial charge < -0.3 is 25.0 Å². The van der Waals surface area contributed by atoms with Crippen LogP contribution in [0.1, 0.15) is 31.7 Å². The Kier molecular flexibility index (Phi) is 12.1. The molecule has 0 radical (unpaired) electrons. The molecule has 1 aliphatic heterocycles. The normalized spacial score (nSPS) is 14.8. The number of thiophene rings is 1. The van der Waals surface area contributed by atoms with Crippen molar-refractivity contribution in [1.29, 1.82) is 0 Å². The van der Waals surface area contributed by atoms with E-state index < -0.39 is 0 Å². The van der Waals surface area contributed by atoms with Crippen LogP contribution in [0.4, 0.5) is 5.00 Å². The maximum Gasteiger partial charge on any atom is 0.191 e. The summed E-state index contributed by atoms with van der Waals surface area (Å²) < 4.78 is 10.9. The van der Waals surface area contributed by atoms with Gasteiger partial charge in [-0.1, -0.05) is 12.1 Å². The van der Waals surface area contributed by atoms with E-state index in [4.69, 9.17) is 14.5 Å². The summed E-state index contributed by atoms with van der Waals surface area (Å²) in [5.74, 6) is 1.77. The lowest BCUT2D eigenvalue weighted by atomic mass is 10.1. The Balaban J connectivity index is 0.00000341. The van der Waals surface area contributed by atoms with Gasteiger partial charge in [-0.25, -0.2) is 4.99 Å². The van der Waals surface area contributed by atoms with E-state index in [1.54, 1.807) is 7.11 Å². The third-order valence-electron chi connectivity index (χ3n) is 5.08. The van der Waals surface area contributed by atoms with Crippen LogP contribution in [-0.2, 0) is 11.3 Å². The number of nitrogens with one attached hydrogen (secondary N) is 2. The molecule has 8 heteroatoms. The summed E-state index contributed by atoms with van der Waals surface area (Å²) in [6.07, 6.45) is 3.12. The van der Waals surface area contributed by atoms with Gasteiger partial charge in [0.1, 0.15) is 5.75 Å². The highest BCUT2D eigenvalue weighted by atomic mass is 127. The zero-order valence-corrected chi connectivity index (χ0v) is 21.7. The van der Waals surface area contributed by atoms with E-state index in [1.807, 2.05) is 23.5 Å². The lowest BCUT2D eigenvalue weighted by molar-refractivity contribution is 0.172. The number of piperidine rings is 1. The standard InChI is InChI=1S/C23H34N4O2S.HI/c1-3-24-23(26-20-10-12-27(13-11-20)22-9-5-16-30-22)25-18-19-7-4-8-21(17-19)29-15-6-14-28-2;/h4-5,7-9,16-17,20H,3,6,10-15,18H2,1-2H3,(H2,24,25,26);1H. The van der Waals surface area contributed by atoms with Gasteiger partial charge in [0.15, 0.2) is 5.96 Å². The number of hydrogen-bond acceptors (Lipinski definition) is 5. The molecule has 6 nitrogen and oxygen atoms in total. The fourth-order valence-electron chi connectivity index (χ4n) is 3.50. The molecule has 1 aromatic heterocycles. The highest BCUT2D eigenvalue weighted by molar-refractivity contribution is 14.0. The van der Waals surface area contributed by atoms with E-state index in [-0.39, 0.29) is 24.0 Å². The number of anilines is 1. The summed E-state index contributed by atoms with van der Waals surface area (Å²) in [6, 6.07) is 13.0. The average molecular weight is 559 g/mol. The first-order valence-corrected chi connectivity index (χ1v) is 11.7. The van der Waals surface area contributed by atoms with Crippen molar-refractivity contribution in [3.63, 3.8) is 0 Å². The largest absolute Gasteiger partial charge is 0.493 e. The first-order chi connectivity index (χ1) is 14.8. The number of guanidine groups is 1. The number of hydrogen-bond donors (Lipinski definition) is 2. The smallest absolute Gasteiger partial charge is 0.191 e. The molecule has 172 valence electrons. The first kappa shape index (κ1) is 25.7. The molecule has 1 fully saturated rings. The minimum atomic E-state index is 0. The molecule has 0 unspecified atom stereocenters. The predicted octanol–water partition coefficient (Wildman–Crippen LogP) is 4.51. The van der Waals surface area contributed by atoms with Crippen molar-refractivity contribution in [3.05, 3.63) is 47.3 Å². The number of ether oxygens (including phenoxy) is 2. The van der Waals surface area contributed by atoms with Gasteiger partial charge in [-0.2, -0.15) is 0 Å². The van der Waals surface area contributed by atoms with E-state index in [0.717, 1.165) is 56.2 Å². The van der Waals surface area contributed by atoms with E-state index in [2.05, 4.69) is 52.1 Å². The second-order valence-electron chi connectivity index (χ2n) is 7.39. The molecule has 0 amide bonds. The Morgan fingerprint density at radius 1 is 1.19 bits per heavy atom. The van der Waals surface area contributed by atoms with E-state index >= 15 is 0 Å². The Hall–Kier alpha value is -1.52. The van der Waals surface area contributed by atoms with Crippen LogP contribution in [0.3, 0.4) is 0 Å². The van der Waals surface area contributed by atoms with Crippen molar-refractivity contribution < 1.29 is 9.47 Å². The zero-order valence-electron chi connectivity index (χ0n) is 18.5. The zero-order chi connectivity index (χ0) is 21.0. The molecule has 3 rings (SSSR count). The molecule has 2 aromatic rings. The average Bonchev–Trinajstić information content (AvgIpc) is 3.31. The van der Waals surface area contributed by atoms with Gasteiger partial charge in [0, 0.05) is 45.8 Å². The maximum absolute atomic E-state index is 5.80. The molecule has 2 N–H and O–H groups in total. The third kappa shape index (κ3) is 8.86. The Bertz CT molecular complexity index is 765. The summed E-state index contributed by atoms with van der Waals surface area (Å²) in [4.78, 5) is 7.28. The highest BCUT2D eigenvalue weighted by Crippen LogP contribution is 2.24. The molecule has 1 saturated heterocycles. The van der Waals surface area contributed by atoms with Gasteiger partial charge in [0.2, 0.25) is 0 Å². The van der Waals surface area contributed by atoms with Crippen molar-refractivity contribution in [2.45, 2.75) is 38.8 Å². The molecule has 2 heterocycles. The summed E-state index contributed by atoms with van der Waals surface area (Å²) in [6.45, 7) is 7.12. The molecule has 0 saturated carbocycles. The second kappa shape index (κ2) is 14.5. The topological polar surface area (TPSA) is 58.1 Å². The maximum atomic E-state index is 5.80. The molecule has 0 aliphatic carbocycles. The van der Waals surface area contributed by atoms with Crippen molar-refractivity contribution in [3.8, 4) is 5.75 Å². The monoisotopic (exact) mass is 558 g/mol. The van der Waals surface area contributed by atoms with Crippen LogP contribution in [0.15, 0.2) is 46.8 Å². The van der Waals surface area contributed by atoms with Gasteiger partial charge >= 0.3 is 0 Å². The SMILES string of the molecule is CCNC(=NCc1cccc(OCCCOC)c1)NC1CCN(c2cccs2)CC1.I. The van der Waals surface area contributed by atoms with Crippen molar-refractivity contribution in [1.82, 2.24) is 10.6 Å². The molecular weight excluding hydrogens is 523 g/mol. The van der Waals surface area contributed by atoms with Crippen molar-refractivity contribution in [2.24, 2.45) is 4.99 Å². The lowest BCUT2D eigenvalue weighted by Crippen LogP contribution is -2.48. The number of methoxy groups -OCH3 is 1. The molecule has 1 aliphatic rings. The second-order valence-corrected chi connectivity index (χ2v) is 8.32. The number of benzene rings is 1. The molecule has 1 aromatic carbocycles. The van der Waals surface area contributed by atoms with Gasteiger partial charge in [-0.05, 0) is 55.0 Å². The lowest BCUT2D eigenvalue weighted by Gasteiger charge is -2.33. The Labute approximate surface area is 207 Å². The van der Waals surface area contributed by atoms with Crippen LogP contribution < -0.4 is 20.3 Å². The van der Waals surface area contributed by atoms with Gasteiger partial charge in [0.05, 0.1) is 18.2 Å². The van der Waals surface area contributed by atoms with E-state index in [9.17, 15) is 0 Å². The van der Waals surface area contributed by atoms with Crippen LogP contribution in [0.25, 0.3) is 0 Å². The van der Waals surface area contributed by atoms with Gasteiger partial charge in [-0.15, -0.1) is 35.3 Å². The number of rotatable bonds is 10. The Morgan fingerprint density at radius 3 is 2.74 bits per heavy atom. The fraction of sp³-hybridized carbons (Fsp3) is 0.522. The fourth-order valence-corrected chi connectivity index (χ4v) is 4.29. The molecule has 0 bridgehead atoms. The molecule has 31 heavy (non-hydrogen) atoms. The van der Waals surface area contributed by atoms with Gasteiger partial charge in [0.25, 0.3) is 0 Å². The predicted molar refractivity (Wildman–Crippen MR) is 141 cm³/mol. The van der Waals surface area contributed by atoms with E-state index in [0.29, 0.717) is 25.8 Å². The summed E-state index contributed by atoms with van der Waals surface area (Å²) in [5.41, 5.74) is 1.14. The van der Waals surface area contributed by atoms with Crippen molar-refractivity contribution in [2.75, 3.05) is 44.9 Å². The minimum Gasteiger partial charge on any atom is -0.493 e. The quantitative estimate of drug-likeness (QED) is 0.195. The van der Waals surface area contributed by atoms with Crippen LogP contribution in [0.2, 0.25) is 0 Å². The summed E-state index contributed by atoms with van der Waals surface area (Å²) in [7, 11) is 1.71. The minimum absolute atomic E-state index is 0.